The van der Waals surface area contributed by atoms with Crippen molar-refractivity contribution in [3.8, 4) is 22.6 Å². The van der Waals surface area contributed by atoms with E-state index < -0.39 is 5.82 Å². The molecule has 0 aliphatic rings. The van der Waals surface area contributed by atoms with Crippen molar-refractivity contribution in [3.63, 3.8) is 0 Å². The highest BCUT2D eigenvalue weighted by molar-refractivity contribution is 6.33. The molecule has 1 aromatic carbocycles. The lowest BCUT2D eigenvalue weighted by atomic mass is 10.0. The highest BCUT2D eigenvalue weighted by Gasteiger charge is 2.24. The maximum absolute atomic E-state index is 14.2. The molecule has 6 heteroatoms. The van der Waals surface area contributed by atoms with Gasteiger partial charge >= 0.3 is 0 Å². The second-order valence-corrected chi connectivity index (χ2v) is 5.17. The van der Waals surface area contributed by atoms with Crippen LogP contribution in [0.2, 0.25) is 5.02 Å². The number of anilines is 1. The molecule has 0 saturated heterocycles. The smallest absolute Gasteiger partial charge is 0.157 e. The van der Waals surface area contributed by atoms with Crippen molar-refractivity contribution in [1.29, 1.82) is 0 Å². The second-order valence-electron chi connectivity index (χ2n) is 4.76. The van der Waals surface area contributed by atoms with Crippen LogP contribution in [-0.2, 0) is 7.05 Å². The van der Waals surface area contributed by atoms with Gasteiger partial charge < -0.3 is 10.2 Å². The van der Waals surface area contributed by atoms with Crippen molar-refractivity contribution in [1.82, 2.24) is 9.78 Å². The van der Waals surface area contributed by atoms with Gasteiger partial charge in [-0.15, -0.1) is 0 Å². The Kier molecular flexibility index (Phi) is 3.22. The highest BCUT2D eigenvalue weighted by Crippen LogP contribution is 2.41. The summed E-state index contributed by atoms with van der Waals surface area (Å²) >= 11 is 6.16. The molecule has 2 N–H and O–H groups in total. The molecule has 21 heavy (non-hydrogen) atoms. The van der Waals surface area contributed by atoms with Gasteiger partial charge in [-0.3, -0.25) is 4.68 Å². The standard InChI is InChI=1S/C15H13ClFN3O/c1-8-6-7-21-14(8)13-12(15(18)20(2)19-13)11-9(16)4-3-5-10(11)17/h3-7H,18H2,1-2H3. The maximum atomic E-state index is 14.2. The van der Waals surface area contributed by atoms with Gasteiger partial charge in [0, 0.05) is 12.6 Å². The Balaban J connectivity index is 2.36. The lowest BCUT2D eigenvalue weighted by Gasteiger charge is -2.07. The van der Waals surface area contributed by atoms with E-state index in [1.54, 1.807) is 25.4 Å². The Morgan fingerprint density at radius 3 is 2.67 bits per heavy atom. The van der Waals surface area contributed by atoms with Crippen LogP contribution in [-0.4, -0.2) is 9.78 Å². The fourth-order valence-electron chi connectivity index (χ4n) is 2.29. The van der Waals surface area contributed by atoms with Crippen LogP contribution in [0.1, 0.15) is 5.56 Å². The van der Waals surface area contributed by atoms with E-state index in [2.05, 4.69) is 5.10 Å². The molecule has 0 bridgehead atoms. The molecule has 0 atom stereocenters. The van der Waals surface area contributed by atoms with E-state index in [4.69, 9.17) is 21.8 Å². The summed E-state index contributed by atoms with van der Waals surface area (Å²) in [5.41, 5.74) is 8.11. The monoisotopic (exact) mass is 305 g/mol. The predicted octanol–water partition coefficient (Wildman–Crippen LogP) is 4.03. The molecule has 0 saturated carbocycles. The number of halogens is 2. The molecule has 0 spiro atoms. The third-order valence-corrected chi connectivity index (χ3v) is 3.70. The van der Waals surface area contributed by atoms with Gasteiger partial charge in [0.15, 0.2) is 5.76 Å². The third kappa shape index (κ3) is 2.10. The zero-order valence-electron chi connectivity index (χ0n) is 11.5. The molecule has 0 radical (unpaired) electrons. The van der Waals surface area contributed by atoms with Crippen LogP contribution in [0.5, 0.6) is 0 Å². The van der Waals surface area contributed by atoms with Crippen LogP contribution in [0.15, 0.2) is 34.9 Å². The molecule has 0 amide bonds. The van der Waals surface area contributed by atoms with Crippen LogP contribution >= 0.6 is 11.6 Å². The summed E-state index contributed by atoms with van der Waals surface area (Å²) in [6.45, 7) is 1.89. The minimum atomic E-state index is -0.451. The molecule has 0 unspecified atom stereocenters. The maximum Gasteiger partial charge on any atom is 0.157 e. The van der Waals surface area contributed by atoms with Crippen LogP contribution in [0, 0.1) is 12.7 Å². The number of benzene rings is 1. The van der Waals surface area contributed by atoms with Crippen molar-refractivity contribution in [2.24, 2.45) is 7.05 Å². The normalized spacial score (nSPS) is 11.0. The number of hydrogen-bond acceptors (Lipinski definition) is 3. The summed E-state index contributed by atoms with van der Waals surface area (Å²) < 4.78 is 21.2. The summed E-state index contributed by atoms with van der Waals surface area (Å²) in [5.74, 6) is 0.428. The lowest BCUT2D eigenvalue weighted by molar-refractivity contribution is 0.576. The Morgan fingerprint density at radius 2 is 2.05 bits per heavy atom. The van der Waals surface area contributed by atoms with Gasteiger partial charge in [-0.05, 0) is 30.7 Å². The van der Waals surface area contributed by atoms with Gasteiger partial charge in [-0.2, -0.15) is 5.10 Å². The SMILES string of the molecule is Cc1ccoc1-c1nn(C)c(N)c1-c1c(F)cccc1Cl. The van der Waals surface area contributed by atoms with E-state index in [9.17, 15) is 4.39 Å². The van der Waals surface area contributed by atoms with Crippen molar-refractivity contribution >= 4 is 17.4 Å². The van der Waals surface area contributed by atoms with Crippen LogP contribution < -0.4 is 5.73 Å². The topological polar surface area (TPSA) is 57.0 Å². The first-order valence-electron chi connectivity index (χ1n) is 6.32. The molecule has 3 rings (SSSR count). The van der Waals surface area contributed by atoms with Crippen LogP contribution in [0.3, 0.4) is 0 Å². The highest BCUT2D eigenvalue weighted by atomic mass is 35.5. The van der Waals surface area contributed by atoms with E-state index in [1.807, 2.05) is 13.0 Å². The molecule has 108 valence electrons. The number of furan rings is 1. The van der Waals surface area contributed by atoms with E-state index >= 15 is 0 Å². The predicted molar refractivity (Wildman–Crippen MR) is 80.5 cm³/mol. The molecule has 2 heterocycles. The van der Waals surface area contributed by atoms with Crippen molar-refractivity contribution in [2.75, 3.05) is 5.73 Å². The van der Waals surface area contributed by atoms with Crippen LogP contribution in [0.25, 0.3) is 22.6 Å². The summed E-state index contributed by atoms with van der Waals surface area (Å²) in [7, 11) is 1.69. The number of hydrogen-bond donors (Lipinski definition) is 1. The fourth-order valence-corrected chi connectivity index (χ4v) is 2.55. The quantitative estimate of drug-likeness (QED) is 0.777. The number of nitrogen functional groups attached to an aromatic ring is 1. The molecular weight excluding hydrogens is 293 g/mol. The summed E-state index contributed by atoms with van der Waals surface area (Å²) in [4.78, 5) is 0. The van der Waals surface area contributed by atoms with Gasteiger partial charge in [0.25, 0.3) is 0 Å². The fraction of sp³-hybridized carbons (Fsp3) is 0.133. The van der Waals surface area contributed by atoms with Gasteiger partial charge in [-0.25, -0.2) is 4.39 Å². The first-order chi connectivity index (χ1) is 10.0. The molecular formula is C15H13ClFN3O. The Labute approximate surface area is 125 Å². The summed E-state index contributed by atoms with van der Waals surface area (Å²) in [6, 6.07) is 6.32. The van der Waals surface area contributed by atoms with E-state index in [-0.39, 0.29) is 10.6 Å². The van der Waals surface area contributed by atoms with Gasteiger partial charge in [0.2, 0.25) is 0 Å². The number of nitrogens with zero attached hydrogens (tertiary/aromatic N) is 2. The number of aromatic nitrogens is 2. The molecule has 0 aliphatic heterocycles. The third-order valence-electron chi connectivity index (χ3n) is 3.38. The van der Waals surface area contributed by atoms with Crippen LogP contribution in [0.4, 0.5) is 10.2 Å². The van der Waals surface area contributed by atoms with Gasteiger partial charge in [0.05, 0.1) is 16.8 Å². The van der Waals surface area contributed by atoms with Gasteiger partial charge in [0.1, 0.15) is 17.3 Å². The van der Waals surface area contributed by atoms with Crippen molar-refractivity contribution < 1.29 is 8.81 Å². The van der Waals surface area contributed by atoms with Gasteiger partial charge in [-0.1, -0.05) is 17.7 Å². The zero-order chi connectivity index (χ0) is 15.1. The second kappa shape index (κ2) is 4.93. The number of aryl methyl sites for hydroxylation is 2. The van der Waals surface area contributed by atoms with E-state index in [1.165, 1.54) is 10.7 Å². The minimum absolute atomic E-state index is 0.232. The Morgan fingerprint density at radius 1 is 1.29 bits per heavy atom. The Hall–Kier alpha value is -2.27. The Bertz CT molecular complexity index is 802. The molecule has 0 fully saturated rings. The summed E-state index contributed by atoms with van der Waals surface area (Å²) in [6.07, 6.45) is 1.56. The van der Waals surface area contributed by atoms with Crippen molar-refractivity contribution in [3.05, 3.63) is 46.9 Å². The van der Waals surface area contributed by atoms with E-state index in [0.717, 1.165) is 5.56 Å². The average molecular weight is 306 g/mol. The lowest BCUT2D eigenvalue weighted by Crippen LogP contribution is -1.98. The first-order valence-corrected chi connectivity index (χ1v) is 6.69. The summed E-state index contributed by atoms with van der Waals surface area (Å²) in [5, 5.41) is 4.62. The van der Waals surface area contributed by atoms with Crippen molar-refractivity contribution in [2.45, 2.75) is 6.92 Å². The largest absolute Gasteiger partial charge is 0.462 e. The molecule has 3 aromatic rings. The minimum Gasteiger partial charge on any atom is -0.462 e. The number of nitrogens with two attached hydrogens (primary N) is 1. The molecule has 0 aliphatic carbocycles. The zero-order valence-corrected chi connectivity index (χ0v) is 12.3. The van der Waals surface area contributed by atoms with E-state index in [0.29, 0.717) is 22.8 Å². The average Bonchev–Trinajstić information content (AvgIpc) is 2.96. The molecule has 2 aromatic heterocycles. The first kappa shape index (κ1) is 13.7. The number of rotatable bonds is 2. The molecule has 4 nitrogen and oxygen atoms in total.